The van der Waals surface area contributed by atoms with Gasteiger partial charge in [-0.05, 0) is 34.1 Å². The van der Waals surface area contributed by atoms with Crippen LogP contribution in [0.1, 0.15) is 18.4 Å². The molecule has 19 heavy (non-hydrogen) atoms. The molecule has 5 heteroatoms. The van der Waals surface area contributed by atoms with Crippen molar-refractivity contribution in [3.8, 4) is 6.07 Å². The fourth-order valence-electron chi connectivity index (χ4n) is 2.71. The summed E-state index contributed by atoms with van der Waals surface area (Å²) in [6.45, 7) is 3.23. The molecule has 0 unspecified atom stereocenters. The van der Waals surface area contributed by atoms with E-state index in [9.17, 15) is 0 Å². The number of anilines is 1. The Labute approximate surface area is 121 Å². The molecule has 0 radical (unpaired) electrons. The standard InChI is InChI=1S/C14H15BrN2O2/c15-12-9-11(10-16)1-2-13(12)17-5-3-14(4-6-17)18-7-8-19-14/h1-2,9H,3-8H2. The van der Waals surface area contributed by atoms with E-state index < -0.39 is 0 Å². The Kier molecular flexibility index (Phi) is 3.48. The van der Waals surface area contributed by atoms with Crippen molar-refractivity contribution < 1.29 is 9.47 Å². The smallest absolute Gasteiger partial charge is 0.171 e. The monoisotopic (exact) mass is 322 g/mol. The summed E-state index contributed by atoms with van der Waals surface area (Å²) in [6.07, 6.45) is 1.78. The first-order chi connectivity index (χ1) is 9.22. The van der Waals surface area contributed by atoms with Gasteiger partial charge < -0.3 is 14.4 Å². The lowest BCUT2D eigenvalue weighted by molar-refractivity contribution is -0.169. The van der Waals surface area contributed by atoms with E-state index in [1.54, 1.807) is 0 Å². The zero-order valence-corrected chi connectivity index (χ0v) is 12.1. The van der Waals surface area contributed by atoms with Crippen LogP contribution < -0.4 is 4.90 Å². The van der Waals surface area contributed by atoms with E-state index in [-0.39, 0.29) is 5.79 Å². The molecule has 3 rings (SSSR count). The van der Waals surface area contributed by atoms with Crippen molar-refractivity contribution in [1.29, 1.82) is 5.26 Å². The molecule has 0 N–H and O–H groups in total. The van der Waals surface area contributed by atoms with E-state index in [4.69, 9.17) is 14.7 Å². The molecule has 0 atom stereocenters. The van der Waals surface area contributed by atoms with Crippen LogP contribution in [-0.4, -0.2) is 32.1 Å². The Morgan fingerprint density at radius 3 is 2.47 bits per heavy atom. The first-order valence-corrected chi connectivity index (χ1v) is 7.24. The summed E-state index contributed by atoms with van der Waals surface area (Å²) >= 11 is 3.54. The minimum Gasteiger partial charge on any atom is -0.370 e. The van der Waals surface area contributed by atoms with Crippen LogP contribution in [0.25, 0.3) is 0 Å². The Hall–Kier alpha value is -1.09. The van der Waals surface area contributed by atoms with Crippen molar-refractivity contribution >= 4 is 21.6 Å². The molecule has 2 aliphatic heterocycles. The predicted octanol–water partition coefficient (Wildman–Crippen LogP) is 2.66. The van der Waals surface area contributed by atoms with Gasteiger partial charge in [0.25, 0.3) is 0 Å². The van der Waals surface area contributed by atoms with Gasteiger partial charge in [0.1, 0.15) is 0 Å². The summed E-state index contributed by atoms with van der Waals surface area (Å²) in [7, 11) is 0. The van der Waals surface area contributed by atoms with Crippen molar-refractivity contribution in [2.24, 2.45) is 0 Å². The number of hydrogen-bond acceptors (Lipinski definition) is 4. The third-order valence-corrected chi connectivity index (χ3v) is 4.39. The molecule has 0 bridgehead atoms. The van der Waals surface area contributed by atoms with Gasteiger partial charge in [0.05, 0.1) is 30.5 Å². The van der Waals surface area contributed by atoms with E-state index in [0.717, 1.165) is 36.1 Å². The molecule has 0 amide bonds. The van der Waals surface area contributed by atoms with Gasteiger partial charge in [0.15, 0.2) is 5.79 Å². The van der Waals surface area contributed by atoms with E-state index in [1.165, 1.54) is 0 Å². The maximum absolute atomic E-state index is 8.89. The molecular weight excluding hydrogens is 308 g/mol. The van der Waals surface area contributed by atoms with Gasteiger partial charge in [-0.15, -0.1) is 0 Å². The van der Waals surface area contributed by atoms with Gasteiger partial charge in [-0.25, -0.2) is 0 Å². The maximum atomic E-state index is 8.89. The predicted molar refractivity (Wildman–Crippen MR) is 74.9 cm³/mol. The van der Waals surface area contributed by atoms with Crippen LogP contribution in [0.5, 0.6) is 0 Å². The third-order valence-electron chi connectivity index (χ3n) is 3.76. The molecule has 1 aromatic rings. The molecular formula is C14H15BrN2O2. The Balaban J connectivity index is 1.73. The normalized spacial score (nSPS) is 21.6. The number of rotatable bonds is 1. The molecule has 0 saturated carbocycles. The number of benzene rings is 1. The van der Waals surface area contributed by atoms with Crippen molar-refractivity contribution in [3.63, 3.8) is 0 Å². The summed E-state index contributed by atoms with van der Waals surface area (Å²) < 4.78 is 12.4. The second-order valence-electron chi connectivity index (χ2n) is 4.87. The Morgan fingerprint density at radius 1 is 1.21 bits per heavy atom. The van der Waals surface area contributed by atoms with Crippen molar-refractivity contribution in [3.05, 3.63) is 28.2 Å². The number of ether oxygens (including phenoxy) is 2. The number of halogens is 1. The number of hydrogen-bond donors (Lipinski definition) is 0. The van der Waals surface area contributed by atoms with E-state index in [2.05, 4.69) is 26.9 Å². The van der Waals surface area contributed by atoms with Crippen LogP contribution in [0.15, 0.2) is 22.7 Å². The number of piperidine rings is 1. The van der Waals surface area contributed by atoms with Crippen molar-refractivity contribution in [1.82, 2.24) is 0 Å². The average molecular weight is 323 g/mol. The minimum atomic E-state index is -0.338. The second-order valence-corrected chi connectivity index (χ2v) is 5.73. The fourth-order valence-corrected chi connectivity index (χ4v) is 3.34. The van der Waals surface area contributed by atoms with Crippen LogP contribution in [0.3, 0.4) is 0 Å². The van der Waals surface area contributed by atoms with Gasteiger partial charge in [0, 0.05) is 30.4 Å². The highest BCUT2D eigenvalue weighted by atomic mass is 79.9. The molecule has 1 aromatic carbocycles. The quantitative estimate of drug-likeness (QED) is 0.797. The van der Waals surface area contributed by atoms with Gasteiger partial charge in [-0.2, -0.15) is 5.26 Å². The zero-order valence-electron chi connectivity index (χ0n) is 10.6. The second kappa shape index (κ2) is 5.12. The Morgan fingerprint density at radius 2 is 1.89 bits per heavy atom. The largest absolute Gasteiger partial charge is 0.370 e. The van der Waals surface area contributed by atoms with E-state index >= 15 is 0 Å². The molecule has 2 saturated heterocycles. The Bertz CT molecular complexity index is 511. The van der Waals surface area contributed by atoms with E-state index in [0.29, 0.717) is 18.8 Å². The molecule has 100 valence electrons. The maximum Gasteiger partial charge on any atom is 0.171 e. The van der Waals surface area contributed by atoms with Gasteiger partial charge in [-0.1, -0.05) is 0 Å². The van der Waals surface area contributed by atoms with Gasteiger partial charge in [0.2, 0.25) is 0 Å². The first-order valence-electron chi connectivity index (χ1n) is 6.45. The van der Waals surface area contributed by atoms with Crippen LogP contribution >= 0.6 is 15.9 Å². The number of nitriles is 1. The molecule has 2 heterocycles. The molecule has 0 aliphatic carbocycles. The SMILES string of the molecule is N#Cc1ccc(N2CCC3(CC2)OCCO3)c(Br)c1. The first kappa shape index (κ1) is 12.9. The highest BCUT2D eigenvalue weighted by molar-refractivity contribution is 9.10. The number of nitrogens with zero attached hydrogens (tertiary/aromatic N) is 2. The topological polar surface area (TPSA) is 45.5 Å². The lowest BCUT2D eigenvalue weighted by Crippen LogP contribution is -2.45. The lowest BCUT2D eigenvalue weighted by Gasteiger charge is -2.39. The van der Waals surface area contributed by atoms with E-state index in [1.807, 2.05) is 18.2 Å². The summed E-state index contributed by atoms with van der Waals surface area (Å²) in [5.41, 5.74) is 1.80. The van der Waals surface area contributed by atoms with Crippen LogP contribution in [0.2, 0.25) is 0 Å². The van der Waals surface area contributed by atoms with Crippen molar-refractivity contribution in [2.75, 3.05) is 31.2 Å². The third kappa shape index (κ3) is 2.48. The summed E-state index contributed by atoms with van der Waals surface area (Å²) in [6, 6.07) is 7.86. The molecule has 1 spiro atoms. The molecule has 2 aliphatic rings. The van der Waals surface area contributed by atoms with Gasteiger partial charge >= 0.3 is 0 Å². The van der Waals surface area contributed by atoms with Crippen molar-refractivity contribution in [2.45, 2.75) is 18.6 Å². The van der Waals surface area contributed by atoms with Crippen LogP contribution in [0, 0.1) is 11.3 Å². The minimum absolute atomic E-state index is 0.338. The van der Waals surface area contributed by atoms with Crippen LogP contribution in [-0.2, 0) is 9.47 Å². The average Bonchev–Trinajstić information content (AvgIpc) is 2.88. The summed E-state index contributed by atoms with van der Waals surface area (Å²) in [5, 5.41) is 8.89. The highest BCUT2D eigenvalue weighted by Crippen LogP contribution is 2.35. The summed E-state index contributed by atoms with van der Waals surface area (Å²) in [4.78, 5) is 2.31. The summed E-state index contributed by atoms with van der Waals surface area (Å²) in [5.74, 6) is -0.338. The zero-order chi connectivity index (χ0) is 13.3. The molecule has 4 nitrogen and oxygen atoms in total. The highest BCUT2D eigenvalue weighted by Gasteiger charge is 2.39. The lowest BCUT2D eigenvalue weighted by atomic mass is 10.0. The van der Waals surface area contributed by atoms with Crippen LogP contribution in [0.4, 0.5) is 5.69 Å². The fraction of sp³-hybridized carbons (Fsp3) is 0.500. The molecule has 2 fully saturated rings. The van der Waals surface area contributed by atoms with Gasteiger partial charge in [-0.3, -0.25) is 0 Å². The molecule has 0 aromatic heterocycles.